The average molecular weight is 1080 g/mol. The van der Waals surface area contributed by atoms with Crippen molar-refractivity contribution in [3.05, 3.63) is 198 Å². The zero-order chi connectivity index (χ0) is 67.7. The van der Waals surface area contributed by atoms with Crippen LogP contribution in [0.4, 0.5) is 0 Å². The van der Waals surface area contributed by atoms with E-state index in [1.807, 2.05) is 12.1 Å². The Bertz CT molecular complexity index is 4660. The van der Waals surface area contributed by atoms with Gasteiger partial charge in [-0.25, -0.2) is 4.98 Å². The Kier molecular flexibility index (Phi) is 5.72. The summed E-state index contributed by atoms with van der Waals surface area (Å²) in [4.78, 5) is 4.64. The summed E-state index contributed by atoms with van der Waals surface area (Å²) in [7, 11) is 0. The van der Waals surface area contributed by atoms with E-state index in [2.05, 4.69) is 23.4 Å². The van der Waals surface area contributed by atoms with Gasteiger partial charge in [0, 0.05) is 74.5 Å². The van der Waals surface area contributed by atoms with E-state index in [9.17, 15) is 4.11 Å². The fourth-order valence-corrected chi connectivity index (χ4v) is 8.86. The summed E-state index contributed by atoms with van der Waals surface area (Å²) in [5.74, 6) is 0.355. The largest absolute Gasteiger partial charge is 0.510 e. The smallest absolute Gasteiger partial charge is 0.268 e. The number of hydrogen-bond donors (Lipinski definition) is 0. The quantitative estimate of drug-likeness (QED) is 0.118. The molecule has 0 fully saturated rings. The van der Waals surface area contributed by atoms with E-state index >= 15 is 0 Å². The number of aromatic nitrogens is 4. The van der Waals surface area contributed by atoms with Crippen LogP contribution >= 0.6 is 0 Å². The SMILES string of the molecule is [2H]c1c([2H])c([2H])c(-c2cnc(-n3c4[c-]c(Oc5[c-]c(-n6[c-][n+](-c7c(-c8c([2H])c([2H])c9c(c8[2H])C(C([2H])([2H])[2H])(C([2H])([2H])[2H])CC9(C([2H])([2H])[2H])C([2H])([2H])[2H])cc(C([2H])([2H])[2H])cc7C(C)(C)C)c7ccccc76)ccc5)ccc4c4ccccc43)cc2C([2H])([2H])[2H])c([2H])c1[2H].[Pt]. The van der Waals surface area contributed by atoms with Crippen molar-refractivity contribution in [2.45, 2.75) is 84.5 Å². The zero-order valence-corrected chi connectivity index (χ0v) is 38.3. The van der Waals surface area contributed by atoms with E-state index < -0.39 is 129 Å². The number of fused-ring (bicyclic) bond motifs is 5. The molecule has 0 N–H and O–H groups in total. The number of benzene rings is 7. The third kappa shape index (κ3) is 7.62. The van der Waals surface area contributed by atoms with Gasteiger partial charge in [0.2, 0.25) is 0 Å². The van der Waals surface area contributed by atoms with Gasteiger partial charge in [-0.05, 0) is 98.5 Å². The Morgan fingerprint density at radius 2 is 1.51 bits per heavy atom. The topological polar surface area (TPSA) is 35.9 Å². The fraction of sp³-hybridized carbons (Fsp3) is 0.213. The van der Waals surface area contributed by atoms with Crippen LogP contribution in [0.25, 0.3) is 72.3 Å². The molecule has 1 aliphatic carbocycles. The number of nitrogens with zero attached hydrogens (tertiary/aromatic N) is 4. The number of aryl methyl sites for hydroxylation is 2. The minimum Gasteiger partial charge on any atom is -0.510 e. The number of rotatable bonds is 7. The second-order valence-electron chi connectivity index (χ2n) is 17.4. The molecule has 0 saturated heterocycles. The summed E-state index contributed by atoms with van der Waals surface area (Å²) < 4.78 is 240. The van der Waals surface area contributed by atoms with Crippen LogP contribution in [0.5, 0.6) is 11.5 Å². The van der Waals surface area contributed by atoms with E-state index in [1.54, 1.807) is 96.6 Å². The van der Waals surface area contributed by atoms with Gasteiger partial charge in [-0.15, -0.1) is 29.7 Å². The maximum absolute atomic E-state index is 10.1. The average Bonchev–Trinajstić information content (AvgIpc) is 1.50. The van der Waals surface area contributed by atoms with Gasteiger partial charge in [0.05, 0.1) is 27.7 Å². The molecular weight excluding hydrogens is 1000 g/mol. The molecule has 0 unspecified atom stereocenters. The van der Waals surface area contributed by atoms with Gasteiger partial charge >= 0.3 is 0 Å². The third-order valence-electron chi connectivity index (χ3n) is 11.8. The molecule has 7 aromatic carbocycles. The molecule has 0 radical (unpaired) electrons. The van der Waals surface area contributed by atoms with Gasteiger partial charge in [0.25, 0.3) is 6.33 Å². The third-order valence-corrected chi connectivity index (χ3v) is 11.8. The zero-order valence-electron chi connectivity index (χ0n) is 62.0. The van der Waals surface area contributed by atoms with Crippen LogP contribution in [-0.4, -0.2) is 14.1 Å². The minimum absolute atomic E-state index is 0. The Morgan fingerprint density at radius 1 is 0.731 bits per heavy atom. The molecule has 67 heavy (non-hydrogen) atoms. The maximum Gasteiger partial charge on any atom is 0.268 e. The summed E-state index contributed by atoms with van der Waals surface area (Å²) in [6.45, 7) is -15.6. The van der Waals surface area contributed by atoms with Gasteiger partial charge in [0.15, 0.2) is 0 Å². The molecular formula is C61H54N4OPt-2. The molecule has 336 valence electrons. The first kappa shape index (κ1) is 23.4. The van der Waals surface area contributed by atoms with E-state index in [1.165, 1.54) is 22.9 Å². The van der Waals surface area contributed by atoms with Crippen LogP contribution in [0, 0.1) is 32.2 Å². The number of hydrogen-bond acceptors (Lipinski definition) is 2. The first-order chi connectivity index (χ1) is 42.4. The first-order valence-corrected chi connectivity index (χ1v) is 20.9. The maximum atomic E-state index is 10.1. The molecule has 0 bridgehead atoms. The van der Waals surface area contributed by atoms with Crippen molar-refractivity contribution in [3.63, 3.8) is 0 Å². The van der Waals surface area contributed by atoms with Crippen molar-refractivity contribution in [2.75, 3.05) is 0 Å². The molecule has 1 aliphatic rings. The number of imidazole rings is 1. The molecule has 6 heteroatoms. The first-order valence-electron chi connectivity index (χ1n) is 33.9. The predicted molar refractivity (Wildman–Crippen MR) is 270 cm³/mol. The molecule has 0 saturated carbocycles. The Hall–Kier alpha value is -6.55. The van der Waals surface area contributed by atoms with Crippen molar-refractivity contribution in [1.29, 1.82) is 0 Å². The van der Waals surface area contributed by atoms with Crippen molar-refractivity contribution in [2.24, 2.45) is 0 Å². The molecule has 0 spiro atoms. The van der Waals surface area contributed by atoms with Crippen LogP contribution in [0.3, 0.4) is 0 Å². The van der Waals surface area contributed by atoms with E-state index in [-0.39, 0.29) is 83.1 Å². The monoisotopic (exact) mass is 1080 g/mol. The molecule has 10 aromatic rings. The fourth-order valence-electron chi connectivity index (χ4n) is 8.86. The van der Waals surface area contributed by atoms with Crippen LogP contribution in [0.15, 0.2) is 152 Å². The normalized spacial score (nSPS) is 20.9. The number of ether oxygens (including phenoxy) is 1. The van der Waals surface area contributed by atoms with Crippen LogP contribution in [0.2, 0.25) is 0 Å². The predicted octanol–water partition coefficient (Wildman–Crippen LogP) is 14.8. The van der Waals surface area contributed by atoms with Gasteiger partial charge in [-0.2, -0.15) is 18.2 Å². The summed E-state index contributed by atoms with van der Waals surface area (Å²) in [5, 5.41) is 1.37. The van der Waals surface area contributed by atoms with E-state index in [0.717, 1.165) is 11.5 Å². The summed E-state index contributed by atoms with van der Waals surface area (Å²) >= 11 is 0. The molecule has 0 atom stereocenters. The second-order valence-corrected chi connectivity index (χ2v) is 17.4. The van der Waals surface area contributed by atoms with Gasteiger partial charge in [-0.3, -0.25) is 4.57 Å². The number of pyridine rings is 1. The van der Waals surface area contributed by atoms with Gasteiger partial charge in [0.1, 0.15) is 5.82 Å². The van der Waals surface area contributed by atoms with E-state index in [0.29, 0.717) is 27.5 Å². The van der Waals surface area contributed by atoms with Crippen LogP contribution < -0.4 is 9.30 Å². The van der Waals surface area contributed by atoms with Gasteiger partial charge in [-0.1, -0.05) is 162 Å². The molecule has 3 aromatic heterocycles. The Labute approximate surface area is 445 Å². The second kappa shape index (κ2) is 16.4. The summed E-state index contributed by atoms with van der Waals surface area (Å²) in [6, 6.07) is 26.2. The summed E-state index contributed by atoms with van der Waals surface area (Å²) in [6.07, 6.45) is 2.87. The molecule has 5 nitrogen and oxygen atoms in total. The Balaban J connectivity index is 0.00000946. The van der Waals surface area contributed by atoms with E-state index in [4.69, 9.17) is 36.3 Å². The van der Waals surface area contributed by atoms with Crippen molar-refractivity contribution >= 4 is 32.8 Å². The Morgan fingerprint density at radius 3 is 2.30 bits per heavy atom. The molecule has 0 amide bonds. The standard InChI is InChI=1S/C61H54N4O.Pt/c1-39-30-48(42-26-29-50-51(33-42)61(8,9)37-60(50,6)7)58(52(31-39)59(3,4)5)64-38-63(54-24-15-16-25-55(54)64)43-20-17-21-44(34-43)66-45-27-28-47-46-22-13-14-23-53(46)65(56(47)35-45)57-32-40(2)49(36-62-57)41-18-11-10-12-19-41;/h10-33,36H,37H2,1-9H3;/q-2;/i1D3,2D3,6D3,7D3,8D3,9D3,10D,11D,12D,18D,19D,26D,29D,33D;. The van der Waals surface area contributed by atoms with Gasteiger partial charge < -0.3 is 13.9 Å². The van der Waals surface area contributed by atoms with Crippen LogP contribution in [0.1, 0.15) is 118 Å². The van der Waals surface area contributed by atoms with Crippen molar-refractivity contribution in [1.82, 2.24) is 14.1 Å². The van der Waals surface area contributed by atoms with Crippen molar-refractivity contribution < 1.29 is 66.0 Å². The molecule has 0 aliphatic heterocycles. The minimum atomic E-state index is -3.79. The number of para-hydroxylation sites is 3. The molecule has 3 heterocycles. The van der Waals surface area contributed by atoms with Crippen LogP contribution in [-0.2, 0) is 37.3 Å². The molecule has 11 rings (SSSR count). The van der Waals surface area contributed by atoms with Crippen molar-refractivity contribution in [3.8, 4) is 50.9 Å². The summed E-state index contributed by atoms with van der Waals surface area (Å²) in [5.41, 5.74) is -10.1.